The van der Waals surface area contributed by atoms with Crippen molar-refractivity contribution in [2.75, 3.05) is 20.1 Å². The predicted molar refractivity (Wildman–Crippen MR) is 95.9 cm³/mol. The van der Waals surface area contributed by atoms with Crippen LogP contribution in [0.15, 0.2) is 4.99 Å². The Bertz CT molecular complexity index is 498. The number of aromatic nitrogens is 3. The van der Waals surface area contributed by atoms with Gasteiger partial charge < -0.3 is 14.8 Å². The van der Waals surface area contributed by atoms with Gasteiger partial charge in [0.25, 0.3) is 0 Å². The van der Waals surface area contributed by atoms with Gasteiger partial charge in [-0.05, 0) is 25.2 Å². The van der Waals surface area contributed by atoms with Crippen molar-refractivity contribution in [3.63, 3.8) is 0 Å². The summed E-state index contributed by atoms with van der Waals surface area (Å²) in [6.45, 7) is 9.37. The fourth-order valence-corrected chi connectivity index (χ4v) is 2.59. The van der Waals surface area contributed by atoms with E-state index in [0.717, 1.165) is 30.7 Å². The normalized spacial score (nSPS) is 22.3. The van der Waals surface area contributed by atoms with Gasteiger partial charge in [0.1, 0.15) is 5.82 Å². The third-order valence-corrected chi connectivity index (χ3v) is 4.51. The Labute approximate surface area is 144 Å². The first-order valence-electron chi connectivity index (χ1n) is 7.29. The molecule has 0 aliphatic carbocycles. The Morgan fingerprint density at radius 2 is 2.14 bits per heavy atom. The molecule has 1 aliphatic heterocycles. The lowest BCUT2D eigenvalue weighted by molar-refractivity contribution is 0.322. The molecular weight excluding hydrogens is 379 g/mol. The number of aliphatic imine (C=N–C) groups is 1. The lowest BCUT2D eigenvalue weighted by Gasteiger charge is -2.25. The Kier molecular flexibility index (Phi) is 6.42. The van der Waals surface area contributed by atoms with Gasteiger partial charge in [0, 0.05) is 27.2 Å². The molecule has 1 N–H and O–H groups in total. The van der Waals surface area contributed by atoms with Crippen LogP contribution in [0.25, 0.3) is 0 Å². The molecule has 0 saturated carbocycles. The zero-order chi connectivity index (χ0) is 14.8. The maximum atomic E-state index is 4.40. The topological polar surface area (TPSA) is 58.3 Å². The first-order valence-corrected chi connectivity index (χ1v) is 7.29. The molecule has 0 radical (unpaired) electrons. The molecule has 2 rings (SSSR count). The molecule has 1 aromatic rings. The molecule has 2 heterocycles. The van der Waals surface area contributed by atoms with Crippen molar-refractivity contribution in [2.24, 2.45) is 17.5 Å². The van der Waals surface area contributed by atoms with Crippen LogP contribution in [0.4, 0.5) is 0 Å². The molecular formula is C14H27IN6. The molecule has 0 spiro atoms. The molecule has 1 aliphatic rings. The molecule has 0 amide bonds. The number of halogens is 1. The van der Waals surface area contributed by atoms with Gasteiger partial charge in [0.15, 0.2) is 11.8 Å². The molecule has 7 heteroatoms. The maximum Gasteiger partial charge on any atom is 0.194 e. The van der Waals surface area contributed by atoms with Crippen LogP contribution in [-0.4, -0.2) is 45.8 Å². The van der Waals surface area contributed by atoms with Gasteiger partial charge in [-0.2, -0.15) is 0 Å². The van der Waals surface area contributed by atoms with E-state index in [4.69, 9.17) is 0 Å². The van der Waals surface area contributed by atoms with Crippen molar-refractivity contribution in [3.05, 3.63) is 11.6 Å². The Hall–Kier alpha value is -0.860. The van der Waals surface area contributed by atoms with Gasteiger partial charge in [0.05, 0.1) is 6.54 Å². The summed E-state index contributed by atoms with van der Waals surface area (Å²) in [6, 6.07) is 0. The highest BCUT2D eigenvalue weighted by molar-refractivity contribution is 14.0. The van der Waals surface area contributed by atoms with Crippen molar-refractivity contribution >= 4 is 29.9 Å². The molecule has 120 valence electrons. The number of guanidine groups is 1. The second-order valence-corrected chi connectivity index (χ2v) is 5.96. The first kappa shape index (κ1) is 18.2. The number of likely N-dealkylation sites (tertiary alicyclic amines) is 1. The van der Waals surface area contributed by atoms with E-state index in [1.165, 1.54) is 12.8 Å². The monoisotopic (exact) mass is 406 g/mol. The van der Waals surface area contributed by atoms with Crippen molar-refractivity contribution in [2.45, 2.75) is 40.2 Å². The minimum absolute atomic E-state index is 0. The third-order valence-electron chi connectivity index (χ3n) is 4.51. The standard InChI is InChI=1S/C14H26N6.HI/c1-6-14(3)7-8-20(10-14)13(15-4)16-9-12-18-17-11(2)19(12)5;/h6-10H2,1-5H3,(H,15,16);1H. The molecule has 0 bridgehead atoms. The first-order chi connectivity index (χ1) is 9.49. The molecule has 1 unspecified atom stereocenters. The highest BCUT2D eigenvalue weighted by Gasteiger charge is 2.33. The van der Waals surface area contributed by atoms with Crippen LogP contribution in [-0.2, 0) is 13.6 Å². The summed E-state index contributed by atoms with van der Waals surface area (Å²) in [5.74, 6) is 2.82. The average molecular weight is 406 g/mol. The summed E-state index contributed by atoms with van der Waals surface area (Å²) >= 11 is 0. The van der Waals surface area contributed by atoms with E-state index in [2.05, 4.69) is 39.3 Å². The van der Waals surface area contributed by atoms with E-state index in [0.29, 0.717) is 12.0 Å². The SMILES string of the molecule is CCC1(C)CCN(C(=NC)NCc2nnc(C)n2C)C1.I. The summed E-state index contributed by atoms with van der Waals surface area (Å²) in [4.78, 5) is 6.74. The molecule has 1 aromatic heterocycles. The minimum Gasteiger partial charge on any atom is -0.349 e. The maximum absolute atomic E-state index is 4.40. The smallest absolute Gasteiger partial charge is 0.194 e. The highest BCUT2D eigenvalue weighted by Crippen LogP contribution is 2.32. The van der Waals surface area contributed by atoms with Crippen LogP contribution in [0.1, 0.15) is 38.3 Å². The van der Waals surface area contributed by atoms with Crippen LogP contribution in [0.2, 0.25) is 0 Å². The van der Waals surface area contributed by atoms with E-state index in [1.807, 2.05) is 25.6 Å². The second kappa shape index (κ2) is 7.42. The Morgan fingerprint density at radius 3 is 2.62 bits per heavy atom. The number of nitrogens with zero attached hydrogens (tertiary/aromatic N) is 5. The second-order valence-electron chi connectivity index (χ2n) is 5.96. The summed E-state index contributed by atoms with van der Waals surface area (Å²) in [7, 11) is 3.82. The van der Waals surface area contributed by atoms with Crippen molar-refractivity contribution in [1.82, 2.24) is 25.0 Å². The molecule has 6 nitrogen and oxygen atoms in total. The van der Waals surface area contributed by atoms with Crippen LogP contribution >= 0.6 is 24.0 Å². The van der Waals surface area contributed by atoms with E-state index < -0.39 is 0 Å². The van der Waals surface area contributed by atoms with Crippen LogP contribution < -0.4 is 5.32 Å². The lowest BCUT2D eigenvalue weighted by Crippen LogP contribution is -2.41. The van der Waals surface area contributed by atoms with E-state index in [9.17, 15) is 0 Å². The third kappa shape index (κ3) is 4.08. The lowest BCUT2D eigenvalue weighted by atomic mass is 9.87. The predicted octanol–water partition coefficient (Wildman–Crippen LogP) is 1.94. The van der Waals surface area contributed by atoms with Crippen LogP contribution in [0.3, 0.4) is 0 Å². The number of hydrogen-bond donors (Lipinski definition) is 1. The zero-order valence-corrected chi connectivity index (χ0v) is 16.0. The largest absolute Gasteiger partial charge is 0.349 e. The number of hydrogen-bond acceptors (Lipinski definition) is 3. The van der Waals surface area contributed by atoms with Gasteiger partial charge in [0.2, 0.25) is 0 Å². The van der Waals surface area contributed by atoms with Gasteiger partial charge in [-0.3, -0.25) is 4.99 Å². The fourth-order valence-electron chi connectivity index (χ4n) is 2.59. The number of nitrogens with one attached hydrogen (secondary N) is 1. The van der Waals surface area contributed by atoms with Crippen LogP contribution in [0, 0.1) is 12.3 Å². The summed E-state index contributed by atoms with van der Waals surface area (Å²) in [5.41, 5.74) is 0.416. The van der Waals surface area contributed by atoms with E-state index in [-0.39, 0.29) is 24.0 Å². The summed E-state index contributed by atoms with van der Waals surface area (Å²) < 4.78 is 2.00. The van der Waals surface area contributed by atoms with Gasteiger partial charge in [-0.25, -0.2) is 0 Å². The van der Waals surface area contributed by atoms with E-state index >= 15 is 0 Å². The van der Waals surface area contributed by atoms with Crippen molar-refractivity contribution in [1.29, 1.82) is 0 Å². The molecule has 0 aromatic carbocycles. The molecule has 1 saturated heterocycles. The van der Waals surface area contributed by atoms with Crippen molar-refractivity contribution in [3.8, 4) is 0 Å². The summed E-state index contributed by atoms with van der Waals surface area (Å²) in [5, 5.41) is 11.6. The number of rotatable bonds is 3. The Morgan fingerprint density at radius 1 is 1.43 bits per heavy atom. The Balaban J connectivity index is 0.00000220. The molecule has 1 atom stereocenters. The van der Waals surface area contributed by atoms with Gasteiger partial charge in [-0.15, -0.1) is 34.2 Å². The van der Waals surface area contributed by atoms with E-state index in [1.54, 1.807) is 0 Å². The fraction of sp³-hybridized carbons (Fsp3) is 0.786. The molecule has 21 heavy (non-hydrogen) atoms. The quantitative estimate of drug-likeness (QED) is 0.474. The number of aryl methyl sites for hydroxylation is 1. The minimum atomic E-state index is 0. The summed E-state index contributed by atoms with van der Waals surface area (Å²) in [6.07, 6.45) is 2.44. The van der Waals surface area contributed by atoms with Gasteiger partial charge in [-0.1, -0.05) is 13.8 Å². The average Bonchev–Trinajstić information content (AvgIpc) is 2.98. The molecule has 1 fully saturated rings. The highest BCUT2D eigenvalue weighted by atomic mass is 127. The van der Waals surface area contributed by atoms with Crippen molar-refractivity contribution < 1.29 is 0 Å². The van der Waals surface area contributed by atoms with Gasteiger partial charge >= 0.3 is 0 Å². The van der Waals surface area contributed by atoms with Crippen LogP contribution in [0.5, 0.6) is 0 Å². The zero-order valence-electron chi connectivity index (χ0n) is 13.7.